The molecule has 2 heterocycles. The highest BCUT2D eigenvalue weighted by Crippen LogP contribution is 2.46. The monoisotopic (exact) mass is 388 g/mol. The van der Waals surface area contributed by atoms with Crippen LogP contribution in [0.25, 0.3) is 0 Å². The number of thioether (sulfide) groups is 1. The first-order chi connectivity index (χ1) is 12.6. The van der Waals surface area contributed by atoms with E-state index < -0.39 is 0 Å². The minimum atomic E-state index is -0.338. The van der Waals surface area contributed by atoms with Crippen LogP contribution in [-0.4, -0.2) is 34.3 Å². The molecule has 2 aliphatic heterocycles. The summed E-state index contributed by atoms with van der Waals surface area (Å²) in [5.41, 5.74) is 1.68. The van der Waals surface area contributed by atoms with Crippen molar-refractivity contribution in [3.63, 3.8) is 0 Å². The molecular formula is C19H17FN2O2S2. The van der Waals surface area contributed by atoms with E-state index in [4.69, 9.17) is 17.0 Å². The molecule has 0 spiro atoms. The van der Waals surface area contributed by atoms with E-state index in [2.05, 4.69) is 0 Å². The van der Waals surface area contributed by atoms with Crippen LogP contribution in [-0.2, 0) is 4.79 Å². The van der Waals surface area contributed by atoms with Crippen molar-refractivity contribution < 1.29 is 13.9 Å². The molecule has 0 bridgehead atoms. The highest BCUT2D eigenvalue weighted by atomic mass is 32.2. The lowest BCUT2D eigenvalue weighted by molar-refractivity contribution is -0.119. The van der Waals surface area contributed by atoms with Crippen LogP contribution < -0.4 is 9.64 Å². The molecule has 0 aromatic heterocycles. The maximum Gasteiger partial charge on any atom is 0.257 e. The van der Waals surface area contributed by atoms with Gasteiger partial charge in [-0.3, -0.25) is 9.69 Å². The number of carbonyl (C=O) groups is 1. The molecule has 2 saturated heterocycles. The predicted molar refractivity (Wildman–Crippen MR) is 105 cm³/mol. The molecule has 2 atom stereocenters. The zero-order valence-corrected chi connectivity index (χ0v) is 15.7. The molecule has 0 N–H and O–H groups in total. The van der Waals surface area contributed by atoms with Gasteiger partial charge in [0, 0.05) is 5.75 Å². The molecule has 2 fully saturated rings. The van der Waals surface area contributed by atoms with Gasteiger partial charge in [-0.25, -0.2) is 4.39 Å². The molecule has 2 unspecified atom stereocenters. The van der Waals surface area contributed by atoms with E-state index in [9.17, 15) is 9.18 Å². The normalized spacial score (nSPS) is 22.1. The maximum atomic E-state index is 13.2. The molecule has 4 nitrogen and oxygen atoms in total. The number of hydrogen-bond donors (Lipinski definition) is 0. The van der Waals surface area contributed by atoms with Crippen molar-refractivity contribution in [2.45, 2.75) is 18.3 Å². The highest BCUT2D eigenvalue weighted by Gasteiger charge is 2.50. The van der Waals surface area contributed by atoms with Crippen molar-refractivity contribution in [1.82, 2.24) is 4.90 Å². The van der Waals surface area contributed by atoms with Gasteiger partial charge in [0.1, 0.15) is 23.0 Å². The average Bonchev–Trinajstić information content (AvgIpc) is 3.18. The maximum absolute atomic E-state index is 13.2. The fourth-order valence-electron chi connectivity index (χ4n) is 3.27. The molecule has 0 aliphatic carbocycles. The molecule has 7 heteroatoms. The van der Waals surface area contributed by atoms with Crippen molar-refractivity contribution in [3.05, 3.63) is 59.9 Å². The summed E-state index contributed by atoms with van der Waals surface area (Å²) in [6, 6.07) is 13.5. The van der Waals surface area contributed by atoms with Crippen LogP contribution in [0.5, 0.6) is 5.75 Å². The molecular weight excluding hydrogens is 371 g/mol. The molecule has 2 aliphatic rings. The number of thiocarbonyl (C=S) groups is 1. The number of halogens is 1. The second-order valence-electron chi connectivity index (χ2n) is 6.04. The lowest BCUT2D eigenvalue weighted by atomic mass is 10.2. The fourth-order valence-corrected chi connectivity index (χ4v) is 5.19. The quantitative estimate of drug-likeness (QED) is 0.740. The molecule has 1 amide bonds. The van der Waals surface area contributed by atoms with E-state index in [1.807, 2.05) is 36.1 Å². The van der Waals surface area contributed by atoms with Crippen LogP contribution in [0, 0.1) is 5.82 Å². The van der Waals surface area contributed by atoms with E-state index in [1.54, 1.807) is 23.9 Å². The first kappa shape index (κ1) is 17.3. The lowest BCUT2D eigenvalue weighted by Gasteiger charge is -2.25. The summed E-state index contributed by atoms with van der Waals surface area (Å²) >= 11 is 7.32. The van der Waals surface area contributed by atoms with Crippen molar-refractivity contribution >= 4 is 40.7 Å². The Balaban J connectivity index is 1.61. The summed E-state index contributed by atoms with van der Waals surface area (Å²) < 4.78 is 18.7. The van der Waals surface area contributed by atoms with Crippen LogP contribution in [0.4, 0.5) is 10.1 Å². The third-order valence-corrected chi connectivity index (χ3v) is 6.20. The summed E-state index contributed by atoms with van der Waals surface area (Å²) in [6.07, 6.45) is 0. The van der Waals surface area contributed by atoms with E-state index in [-0.39, 0.29) is 23.1 Å². The first-order valence-corrected chi connectivity index (χ1v) is 9.82. The Bertz CT molecular complexity index is 842. The standard InChI is InChI=1S/C19H17FN2O2S2/c1-2-24-15-9-3-12(4-10-15)18-22-16(11-26-18)17(23)21(19(22)25)14-7-5-13(20)6-8-14/h3-10,16,18H,2,11H2,1H3. The van der Waals surface area contributed by atoms with Crippen molar-refractivity contribution in [2.75, 3.05) is 17.3 Å². The topological polar surface area (TPSA) is 32.8 Å². The minimum Gasteiger partial charge on any atom is -0.494 e. The van der Waals surface area contributed by atoms with Gasteiger partial charge in [-0.15, -0.1) is 11.8 Å². The average molecular weight is 388 g/mol. The SMILES string of the molecule is CCOc1ccc(C2SCC3C(=O)N(c4ccc(F)cc4)C(=S)N32)cc1. The number of nitrogens with zero attached hydrogens (tertiary/aromatic N) is 2. The summed E-state index contributed by atoms with van der Waals surface area (Å²) in [4.78, 5) is 16.4. The number of rotatable bonds is 4. The van der Waals surface area contributed by atoms with Gasteiger partial charge in [-0.1, -0.05) is 12.1 Å². The third-order valence-electron chi connectivity index (χ3n) is 4.48. The summed E-state index contributed by atoms with van der Waals surface area (Å²) in [5.74, 6) is 1.11. The minimum absolute atomic E-state index is 0.0161. The highest BCUT2D eigenvalue weighted by molar-refractivity contribution is 7.99. The Morgan fingerprint density at radius 3 is 2.54 bits per heavy atom. The molecule has 0 saturated carbocycles. The Morgan fingerprint density at radius 2 is 1.88 bits per heavy atom. The van der Waals surface area contributed by atoms with Crippen LogP contribution in [0.15, 0.2) is 48.5 Å². The fraction of sp³-hybridized carbons (Fsp3) is 0.263. The summed E-state index contributed by atoms with van der Waals surface area (Å²) in [5, 5.41) is 0.452. The van der Waals surface area contributed by atoms with Crippen LogP contribution in [0.3, 0.4) is 0 Å². The van der Waals surface area contributed by atoms with Gasteiger partial charge in [-0.05, 0) is 61.1 Å². The smallest absolute Gasteiger partial charge is 0.257 e. The van der Waals surface area contributed by atoms with Gasteiger partial charge in [0.25, 0.3) is 5.91 Å². The Labute approximate surface area is 160 Å². The predicted octanol–water partition coefficient (Wildman–Crippen LogP) is 3.97. The van der Waals surface area contributed by atoms with Gasteiger partial charge >= 0.3 is 0 Å². The van der Waals surface area contributed by atoms with E-state index >= 15 is 0 Å². The van der Waals surface area contributed by atoms with E-state index in [1.165, 1.54) is 17.0 Å². The van der Waals surface area contributed by atoms with Crippen molar-refractivity contribution in [1.29, 1.82) is 0 Å². The van der Waals surface area contributed by atoms with Crippen LogP contribution in [0.1, 0.15) is 17.9 Å². The zero-order chi connectivity index (χ0) is 18.3. The molecule has 0 radical (unpaired) electrons. The largest absolute Gasteiger partial charge is 0.494 e. The summed E-state index contributed by atoms with van der Waals surface area (Å²) in [7, 11) is 0. The van der Waals surface area contributed by atoms with Gasteiger partial charge < -0.3 is 9.64 Å². The van der Waals surface area contributed by atoms with Crippen molar-refractivity contribution in [3.8, 4) is 5.75 Å². The second-order valence-corrected chi connectivity index (χ2v) is 7.52. The Morgan fingerprint density at radius 1 is 1.19 bits per heavy atom. The second kappa shape index (κ2) is 6.89. The van der Waals surface area contributed by atoms with Crippen molar-refractivity contribution in [2.24, 2.45) is 0 Å². The Hall–Kier alpha value is -2.12. The first-order valence-electron chi connectivity index (χ1n) is 8.36. The Kier molecular flexibility index (Phi) is 4.58. The molecule has 2 aromatic carbocycles. The van der Waals surface area contributed by atoms with E-state index in [0.717, 1.165) is 11.3 Å². The molecule has 26 heavy (non-hydrogen) atoms. The number of hydrogen-bond acceptors (Lipinski definition) is 4. The number of fused-ring (bicyclic) bond motifs is 1. The number of ether oxygens (including phenoxy) is 1. The van der Waals surface area contributed by atoms with Gasteiger partial charge in [-0.2, -0.15) is 0 Å². The van der Waals surface area contributed by atoms with Gasteiger partial charge in [0.2, 0.25) is 0 Å². The third kappa shape index (κ3) is 2.85. The number of anilines is 1. The van der Waals surface area contributed by atoms with Gasteiger partial charge in [0.05, 0.1) is 12.3 Å². The number of benzene rings is 2. The number of amides is 1. The molecule has 4 rings (SSSR count). The van der Waals surface area contributed by atoms with Crippen LogP contribution >= 0.6 is 24.0 Å². The molecule has 134 valence electrons. The lowest BCUT2D eigenvalue weighted by Crippen LogP contribution is -2.33. The van der Waals surface area contributed by atoms with Crippen LogP contribution in [0.2, 0.25) is 0 Å². The van der Waals surface area contributed by atoms with E-state index in [0.29, 0.717) is 23.2 Å². The van der Waals surface area contributed by atoms with Gasteiger partial charge in [0.15, 0.2) is 5.11 Å². The molecule has 2 aromatic rings. The summed E-state index contributed by atoms with van der Waals surface area (Å²) in [6.45, 7) is 2.57. The number of carbonyl (C=O) groups excluding carboxylic acids is 1. The zero-order valence-electron chi connectivity index (χ0n) is 14.1.